The van der Waals surface area contributed by atoms with Crippen molar-refractivity contribution in [3.8, 4) is 0 Å². The Morgan fingerprint density at radius 3 is 2.56 bits per heavy atom. The van der Waals surface area contributed by atoms with Gasteiger partial charge in [0.1, 0.15) is 0 Å². The molecule has 1 fully saturated rings. The number of hydrogen-bond donors (Lipinski definition) is 2. The fourth-order valence-electron chi connectivity index (χ4n) is 1.37. The second kappa shape index (κ2) is 2.67. The molecule has 1 saturated carbocycles. The molecule has 2 heteroatoms. The molecule has 1 aliphatic carbocycles. The van der Waals surface area contributed by atoms with Gasteiger partial charge in [0.15, 0.2) is 0 Å². The largest absolute Gasteiger partial charge is 0.393 e. The Labute approximate surface area is 56.1 Å². The van der Waals surface area contributed by atoms with E-state index in [9.17, 15) is 5.11 Å². The maximum absolute atomic E-state index is 9.27. The SMILES string of the molecule is C[C@H]1[C@H](N)CCC[C@H]1O. The van der Waals surface area contributed by atoms with Crippen molar-refractivity contribution in [3.05, 3.63) is 0 Å². The number of aliphatic hydroxyl groups is 1. The molecule has 3 N–H and O–H groups in total. The van der Waals surface area contributed by atoms with Crippen molar-refractivity contribution < 1.29 is 5.11 Å². The second-order valence-corrected chi connectivity index (χ2v) is 3.02. The predicted molar refractivity (Wildman–Crippen MR) is 37.0 cm³/mol. The highest BCUT2D eigenvalue weighted by Crippen LogP contribution is 2.22. The molecule has 0 aromatic carbocycles. The first-order valence-corrected chi connectivity index (χ1v) is 3.65. The smallest absolute Gasteiger partial charge is 0.0580 e. The van der Waals surface area contributed by atoms with E-state index in [0.717, 1.165) is 19.3 Å². The van der Waals surface area contributed by atoms with Crippen molar-refractivity contribution in [2.75, 3.05) is 0 Å². The highest BCUT2D eigenvalue weighted by atomic mass is 16.3. The summed E-state index contributed by atoms with van der Waals surface area (Å²) >= 11 is 0. The van der Waals surface area contributed by atoms with E-state index < -0.39 is 0 Å². The molecule has 54 valence electrons. The highest BCUT2D eigenvalue weighted by Gasteiger charge is 2.24. The molecule has 0 aliphatic heterocycles. The van der Waals surface area contributed by atoms with E-state index in [0.29, 0.717) is 5.92 Å². The summed E-state index contributed by atoms with van der Waals surface area (Å²) in [6, 6.07) is 0.230. The summed E-state index contributed by atoms with van der Waals surface area (Å²) in [6.07, 6.45) is 2.97. The zero-order valence-electron chi connectivity index (χ0n) is 5.88. The molecule has 2 nitrogen and oxygen atoms in total. The lowest BCUT2D eigenvalue weighted by molar-refractivity contribution is 0.0671. The van der Waals surface area contributed by atoms with Gasteiger partial charge >= 0.3 is 0 Å². The van der Waals surface area contributed by atoms with Gasteiger partial charge in [0.2, 0.25) is 0 Å². The Morgan fingerprint density at radius 1 is 1.44 bits per heavy atom. The van der Waals surface area contributed by atoms with Crippen molar-refractivity contribution in [3.63, 3.8) is 0 Å². The van der Waals surface area contributed by atoms with Gasteiger partial charge in [-0.2, -0.15) is 0 Å². The fraction of sp³-hybridized carbons (Fsp3) is 1.00. The first-order chi connectivity index (χ1) is 4.22. The van der Waals surface area contributed by atoms with Crippen molar-refractivity contribution in [2.45, 2.75) is 38.3 Å². The van der Waals surface area contributed by atoms with E-state index in [-0.39, 0.29) is 12.1 Å². The average Bonchev–Trinajstić information content (AvgIpc) is 1.83. The lowest BCUT2D eigenvalue weighted by atomic mass is 9.84. The Morgan fingerprint density at radius 2 is 2.11 bits per heavy atom. The zero-order valence-corrected chi connectivity index (χ0v) is 5.88. The first-order valence-electron chi connectivity index (χ1n) is 3.65. The van der Waals surface area contributed by atoms with Crippen LogP contribution in [0.2, 0.25) is 0 Å². The Bertz CT molecular complexity index is 84.9. The van der Waals surface area contributed by atoms with Crippen molar-refractivity contribution in [1.82, 2.24) is 0 Å². The lowest BCUT2D eigenvalue weighted by Gasteiger charge is -2.29. The zero-order chi connectivity index (χ0) is 6.85. The molecule has 0 spiro atoms. The van der Waals surface area contributed by atoms with E-state index >= 15 is 0 Å². The van der Waals surface area contributed by atoms with Crippen LogP contribution in [0, 0.1) is 5.92 Å². The minimum absolute atomic E-state index is 0.145. The third-order valence-electron chi connectivity index (χ3n) is 2.32. The van der Waals surface area contributed by atoms with Crippen molar-refractivity contribution in [1.29, 1.82) is 0 Å². The summed E-state index contributed by atoms with van der Waals surface area (Å²) in [7, 11) is 0. The quantitative estimate of drug-likeness (QED) is 0.500. The van der Waals surface area contributed by atoms with Gasteiger partial charge < -0.3 is 10.8 Å². The van der Waals surface area contributed by atoms with Crippen LogP contribution >= 0.6 is 0 Å². The molecule has 0 unspecified atom stereocenters. The van der Waals surface area contributed by atoms with Gasteiger partial charge in [0.05, 0.1) is 6.10 Å². The Balaban J connectivity index is 2.41. The van der Waals surface area contributed by atoms with E-state index in [4.69, 9.17) is 5.73 Å². The van der Waals surface area contributed by atoms with Crippen LogP contribution in [0.15, 0.2) is 0 Å². The summed E-state index contributed by atoms with van der Waals surface area (Å²) in [5.74, 6) is 0.304. The number of aliphatic hydroxyl groups excluding tert-OH is 1. The van der Waals surface area contributed by atoms with Crippen molar-refractivity contribution in [2.24, 2.45) is 11.7 Å². The van der Waals surface area contributed by atoms with Gasteiger partial charge in [-0.05, 0) is 25.2 Å². The van der Waals surface area contributed by atoms with Gasteiger partial charge in [-0.1, -0.05) is 6.92 Å². The Kier molecular flexibility index (Phi) is 2.09. The first kappa shape index (κ1) is 7.03. The molecule has 9 heavy (non-hydrogen) atoms. The molecular weight excluding hydrogens is 114 g/mol. The summed E-state index contributed by atoms with van der Waals surface area (Å²) in [4.78, 5) is 0. The normalized spacial score (nSPS) is 45.0. The lowest BCUT2D eigenvalue weighted by Crippen LogP contribution is -2.39. The molecule has 0 aromatic heterocycles. The summed E-state index contributed by atoms with van der Waals surface area (Å²) in [5.41, 5.74) is 5.71. The van der Waals surface area contributed by atoms with Crippen LogP contribution in [0.25, 0.3) is 0 Å². The fourth-order valence-corrected chi connectivity index (χ4v) is 1.37. The molecule has 0 radical (unpaired) electrons. The van der Waals surface area contributed by atoms with Crippen LogP contribution in [0.1, 0.15) is 26.2 Å². The molecule has 0 amide bonds. The third-order valence-corrected chi connectivity index (χ3v) is 2.32. The molecule has 0 saturated heterocycles. The van der Waals surface area contributed by atoms with Crippen LogP contribution in [0.3, 0.4) is 0 Å². The molecule has 0 bridgehead atoms. The molecule has 0 heterocycles. The maximum atomic E-state index is 9.27. The number of rotatable bonds is 0. The standard InChI is InChI=1S/C7H15NO/c1-5-6(8)3-2-4-7(5)9/h5-7,9H,2-4,8H2,1H3/t5-,6+,7+/m0/s1. The highest BCUT2D eigenvalue weighted by molar-refractivity contribution is 4.80. The van der Waals surface area contributed by atoms with E-state index in [1.807, 2.05) is 6.92 Å². The Hall–Kier alpha value is -0.0800. The molecule has 1 rings (SSSR count). The van der Waals surface area contributed by atoms with Crippen LogP contribution < -0.4 is 5.73 Å². The summed E-state index contributed by atoms with van der Waals surface area (Å²) < 4.78 is 0. The average molecular weight is 129 g/mol. The van der Waals surface area contributed by atoms with Crippen LogP contribution in [-0.4, -0.2) is 17.3 Å². The minimum Gasteiger partial charge on any atom is -0.393 e. The van der Waals surface area contributed by atoms with Crippen molar-refractivity contribution >= 4 is 0 Å². The van der Waals surface area contributed by atoms with Crippen LogP contribution in [-0.2, 0) is 0 Å². The van der Waals surface area contributed by atoms with E-state index in [1.54, 1.807) is 0 Å². The topological polar surface area (TPSA) is 46.2 Å². The third kappa shape index (κ3) is 1.43. The van der Waals surface area contributed by atoms with E-state index in [1.165, 1.54) is 0 Å². The summed E-state index contributed by atoms with van der Waals surface area (Å²) in [5, 5.41) is 9.27. The van der Waals surface area contributed by atoms with Crippen LogP contribution in [0.5, 0.6) is 0 Å². The molecule has 0 aromatic rings. The predicted octanol–water partition coefficient (Wildman–Crippen LogP) is 0.495. The van der Waals surface area contributed by atoms with Gasteiger partial charge in [-0.15, -0.1) is 0 Å². The second-order valence-electron chi connectivity index (χ2n) is 3.02. The number of hydrogen-bond acceptors (Lipinski definition) is 2. The summed E-state index contributed by atoms with van der Waals surface area (Å²) in [6.45, 7) is 2.02. The van der Waals surface area contributed by atoms with Gasteiger partial charge in [-0.25, -0.2) is 0 Å². The minimum atomic E-state index is -0.145. The maximum Gasteiger partial charge on any atom is 0.0580 e. The molecular formula is C7H15NO. The van der Waals surface area contributed by atoms with Gasteiger partial charge in [0.25, 0.3) is 0 Å². The molecule has 3 atom stereocenters. The number of nitrogens with two attached hydrogens (primary N) is 1. The van der Waals surface area contributed by atoms with Crippen LogP contribution in [0.4, 0.5) is 0 Å². The van der Waals surface area contributed by atoms with E-state index in [2.05, 4.69) is 0 Å². The van der Waals surface area contributed by atoms with Gasteiger partial charge in [0, 0.05) is 6.04 Å². The van der Waals surface area contributed by atoms with Gasteiger partial charge in [-0.3, -0.25) is 0 Å². The molecule has 1 aliphatic rings. The monoisotopic (exact) mass is 129 g/mol.